The van der Waals surface area contributed by atoms with Gasteiger partial charge in [-0.05, 0) is 0 Å². The van der Waals surface area contributed by atoms with Crippen molar-refractivity contribution in [1.29, 1.82) is 0 Å². The molecule has 4 heteroatoms. The van der Waals surface area contributed by atoms with Gasteiger partial charge in [-0.25, -0.2) is 0 Å². The summed E-state index contributed by atoms with van der Waals surface area (Å²) in [6.45, 7) is 0. The average molecular weight is 699 g/mol. The Morgan fingerprint density at radius 1 is 0.173 bits per heavy atom. The second-order valence-electron chi connectivity index (χ2n) is 13.0. The minimum atomic E-state index is -1.22. The third kappa shape index (κ3) is 7.64. The predicted octanol–water partition coefficient (Wildman–Crippen LogP) is 5.90. The first kappa shape index (κ1) is 38.3. The minimum Gasteiger partial charge on any atom is -0.269 e. The Morgan fingerprint density at radius 3 is 0.365 bits per heavy atom. The Hall–Kier alpha value is -4.92. The van der Waals surface area contributed by atoms with Gasteiger partial charge in [0.25, 0.3) is 0 Å². The first-order chi connectivity index (χ1) is 24.8. The van der Waals surface area contributed by atoms with E-state index in [9.17, 15) is 0 Å². The topological polar surface area (TPSA) is 0 Å². The molecule has 0 bridgehead atoms. The first-order valence-electron chi connectivity index (χ1n) is 17.6. The Bertz CT molecular complexity index is 1680. The molecule has 0 unspecified atom stereocenters. The van der Waals surface area contributed by atoms with Crippen LogP contribution in [0, 0.1) is 0 Å². The average Bonchev–Trinajstić information content (AvgIpc) is 3.22. The summed E-state index contributed by atoms with van der Waals surface area (Å²) in [5.41, 5.74) is 10.7. The van der Waals surface area contributed by atoms with E-state index in [0.717, 1.165) is 0 Å². The monoisotopic (exact) mass is 698 g/mol. The van der Waals surface area contributed by atoms with Crippen LogP contribution < -0.4 is 43.7 Å². The van der Waals surface area contributed by atoms with E-state index in [-0.39, 0.29) is 42.4 Å². The van der Waals surface area contributed by atoms with Crippen molar-refractivity contribution in [3.63, 3.8) is 0 Å². The third-order valence-electron chi connectivity index (χ3n) is 10.4. The van der Waals surface area contributed by atoms with Crippen LogP contribution in [0.3, 0.4) is 0 Å². The largest absolute Gasteiger partial charge is 2.00 e. The van der Waals surface area contributed by atoms with Gasteiger partial charge in [0.05, 0.1) is 0 Å². The fourth-order valence-corrected chi connectivity index (χ4v) is 8.24. The molecule has 52 heavy (non-hydrogen) atoms. The maximum atomic E-state index is 2.26. The smallest absolute Gasteiger partial charge is 0.269 e. The van der Waals surface area contributed by atoms with Crippen molar-refractivity contribution in [2.24, 2.45) is 0 Å². The quantitative estimate of drug-likeness (QED) is 0.174. The summed E-state index contributed by atoms with van der Waals surface area (Å²) < 4.78 is 0. The van der Waals surface area contributed by atoms with Crippen molar-refractivity contribution < 1.29 is 4.70 Å². The van der Waals surface area contributed by atoms with Crippen LogP contribution in [0.1, 0.15) is 0 Å². The van der Waals surface area contributed by atoms with E-state index in [1.807, 2.05) is 0 Å². The molecule has 0 aliphatic heterocycles. The second kappa shape index (κ2) is 18.5. The zero-order chi connectivity index (χ0) is 33.9. The molecule has 8 aromatic carbocycles. The molecule has 0 amide bonds. The van der Waals surface area contributed by atoms with E-state index >= 15 is 0 Å². The van der Waals surface area contributed by atoms with Gasteiger partial charge in [0.15, 0.2) is 0 Å². The molecule has 248 valence electrons. The van der Waals surface area contributed by atoms with Gasteiger partial charge in [-0.3, -0.25) is 4.70 Å². The van der Waals surface area contributed by atoms with Gasteiger partial charge in [0.1, 0.15) is 12.3 Å². The summed E-state index contributed by atoms with van der Waals surface area (Å²) >= 11 is 0. The van der Waals surface area contributed by atoms with Gasteiger partial charge in [-0.2, -0.15) is 43.7 Å². The van der Waals surface area contributed by atoms with E-state index < -0.39 is 12.3 Å². The fraction of sp³-hybridized carbons (Fsp3) is 0. The van der Waals surface area contributed by atoms with E-state index in [0.29, 0.717) is 0 Å². The second-order valence-corrected chi connectivity index (χ2v) is 13.0. The van der Waals surface area contributed by atoms with Gasteiger partial charge in [0.2, 0.25) is 0 Å². The molecule has 0 atom stereocenters. The van der Waals surface area contributed by atoms with E-state index in [2.05, 4.69) is 243 Å². The standard InChI is InChI=1S/2C24H20B.Ca.FH/c2*1-5-13-21(14-6-1)25(22-15-7-2-8-16-22,23-17-9-3-10-18-23)24-19-11-4-12-20-24;;/h2*1-20H;;1H/q2*-1;+2;. The molecule has 0 radical (unpaired) electrons. The SMILES string of the molecule is F.[Ca+2].c1ccc([B-](c2ccccc2)(c2ccccc2)c2ccccc2)cc1.c1ccc([B-](c2ccccc2)(c2ccccc2)c2ccccc2)cc1. The van der Waals surface area contributed by atoms with Crippen LogP contribution in [0.4, 0.5) is 4.70 Å². The Kier molecular flexibility index (Phi) is 13.7. The Balaban J connectivity index is 0.000000194. The number of hydrogen-bond acceptors (Lipinski definition) is 0. The van der Waals surface area contributed by atoms with Crippen molar-refractivity contribution in [2.75, 3.05) is 0 Å². The third-order valence-corrected chi connectivity index (χ3v) is 10.4. The van der Waals surface area contributed by atoms with Gasteiger partial charge in [-0.1, -0.05) is 243 Å². The van der Waals surface area contributed by atoms with Crippen LogP contribution in [0.25, 0.3) is 0 Å². The maximum absolute atomic E-state index is 2.26. The summed E-state index contributed by atoms with van der Waals surface area (Å²) in [4.78, 5) is 0. The van der Waals surface area contributed by atoms with Crippen LogP contribution in [-0.4, -0.2) is 50.0 Å². The van der Waals surface area contributed by atoms with Gasteiger partial charge < -0.3 is 0 Å². The molecular weight excluding hydrogens is 657 g/mol. The first-order valence-corrected chi connectivity index (χ1v) is 17.6. The van der Waals surface area contributed by atoms with Crippen LogP contribution in [0.15, 0.2) is 243 Å². The van der Waals surface area contributed by atoms with E-state index in [4.69, 9.17) is 0 Å². The summed E-state index contributed by atoms with van der Waals surface area (Å²) in [7, 11) is 0. The fourth-order valence-electron chi connectivity index (χ4n) is 8.24. The summed E-state index contributed by atoms with van der Waals surface area (Å²) in [6, 6.07) is 87.1. The molecular formula is C48H41B2CaF. The van der Waals surface area contributed by atoms with E-state index in [1.54, 1.807) is 0 Å². The molecule has 0 heterocycles. The molecule has 0 saturated carbocycles. The molecule has 8 rings (SSSR count). The van der Waals surface area contributed by atoms with Crippen molar-refractivity contribution >= 4 is 93.7 Å². The van der Waals surface area contributed by atoms with Crippen molar-refractivity contribution in [3.05, 3.63) is 243 Å². The van der Waals surface area contributed by atoms with Crippen molar-refractivity contribution in [1.82, 2.24) is 0 Å². The Morgan fingerprint density at radius 2 is 0.269 bits per heavy atom. The van der Waals surface area contributed by atoms with Crippen LogP contribution in [0.2, 0.25) is 0 Å². The van der Waals surface area contributed by atoms with Crippen LogP contribution in [-0.2, 0) is 0 Å². The molecule has 0 saturated heterocycles. The van der Waals surface area contributed by atoms with Crippen molar-refractivity contribution in [2.45, 2.75) is 0 Å². The number of rotatable bonds is 8. The van der Waals surface area contributed by atoms with Crippen LogP contribution >= 0.6 is 0 Å². The Labute approximate surface area is 338 Å². The normalized spacial score (nSPS) is 10.8. The van der Waals surface area contributed by atoms with E-state index in [1.165, 1.54) is 43.7 Å². The summed E-state index contributed by atoms with van der Waals surface area (Å²) in [5.74, 6) is 0. The number of benzene rings is 8. The summed E-state index contributed by atoms with van der Waals surface area (Å²) in [5, 5.41) is 0. The molecule has 0 aliphatic rings. The number of halogens is 1. The van der Waals surface area contributed by atoms with Gasteiger partial charge in [-0.15, -0.1) is 0 Å². The molecule has 0 aromatic heterocycles. The number of hydrogen-bond donors (Lipinski definition) is 0. The molecule has 8 aromatic rings. The van der Waals surface area contributed by atoms with Gasteiger partial charge >= 0.3 is 37.7 Å². The molecule has 0 aliphatic carbocycles. The van der Waals surface area contributed by atoms with Crippen molar-refractivity contribution in [3.8, 4) is 0 Å². The molecule has 0 fully saturated rings. The minimum absolute atomic E-state index is 0. The maximum Gasteiger partial charge on any atom is 2.00 e. The molecule has 0 spiro atoms. The van der Waals surface area contributed by atoms with Gasteiger partial charge in [0, 0.05) is 0 Å². The predicted molar refractivity (Wildman–Crippen MR) is 228 cm³/mol. The molecule has 0 N–H and O–H groups in total. The van der Waals surface area contributed by atoms with Crippen LogP contribution in [0.5, 0.6) is 0 Å². The molecule has 0 nitrogen and oxygen atoms in total. The zero-order valence-electron chi connectivity index (χ0n) is 29.4. The zero-order valence-corrected chi connectivity index (χ0v) is 31.6. The summed E-state index contributed by atoms with van der Waals surface area (Å²) in [6.07, 6.45) is -2.43.